The lowest BCUT2D eigenvalue weighted by Gasteiger charge is -2.56. The Bertz CT molecular complexity index is 674. The van der Waals surface area contributed by atoms with Crippen LogP contribution in [0.15, 0.2) is 12.1 Å². The fourth-order valence-electron chi connectivity index (χ4n) is 5.58. The second-order valence-electron chi connectivity index (χ2n) is 8.09. The van der Waals surface area contributed by atoms with Crippen molar-refractivity contribution in [3.8, 4) is 0 Å². The summed E-state index contributed by atoms with van der Waals surface area (Å²) in [6.45, 7) is 0.593. The van der Waals surface area contributed by atoms with Gasteiger partial charge < -0.3 is 5.32 Å². The van der Waals surface area contributed by atoms with Gasteiger partial charge >= 0.3 is 6.18 Å². The van der Waals surface area contributed by atoms with E-state index in [0.717, 1.165) is 43.1 Å². The summed E-state index contributed by atoms with van der Waals surface area (Å²) in [5, 5.41) is 2.93. The van der Waals surface area contributed by atoms with Crippen molar-refractivity contribution < 1.29 is 22.8 Å². The second-order valence-corrected chi connectivity index (χ2v) is 9.17. The molecule has 0 atom stereocenters. The number of thiophene rings is 1. The topological polar surface area (TPSA) is 46.2 Å². The van der Waals surface area contributed by atoms with E-state index < -0.39 is 16.8 Å². The number of amides is 1. The van der Waals surface area contributed by atoms with Gasteiger partial charge in [-0.05, 0) is 73.8 Å². The molecule has 1 heterocycles. The Kier molecular flexibility index (Phi) is 3.98. The van der Waals surface area contributed by atoms with Crippen LogP contribution in [0.1, 0.15) is 57.9 Å². The minimum absolute atomic E-state index is 0.164. The van der Waals surface area contributed by atoms with Gasteiger partial charge in [0.2, 0.25) is 0 Å². The Morgan fingerprint density at radius 1 is 1.04 bits per heavy atom. The predicted molar refractivity (Wildman–Crippen MR) is 87.6 cm³/mol. The van der Waals surface area contributed by atoms with Gasteiger partial charge in [0.05, 0.1) is 9.75 Å². The third-order valence-corrected chi connectivity index (χ3v) is 7.18. The number of halogens is 3. The highest BCUT2D eigenvalue weighted by atomic mass is 32.1. The summed E-state index contributed by atoms with van der Waals surface area (Å²) in [6, 6.07) is 2.39. The van der Waals surface area contributed by atoms with Crippen LogP contribution in [-0.4, -0.2) is 24.4 Å². The summed E-state index contributed by atoms with van der Waals surface area (Å²) >= 11 is 0.611. The molecule has 25 heavy (non-hydrogen) atoms. The molecule has 0 spiro atoms. The average Bonchev–Trinajstić information content (AvgIpc) is 2.99. The Morgan fingerprint density at radius 3 is 2.08 bits per heavy atom. The van der Waals surface area contributed by atoms with Crippen LogP contribution in [0.5, 0.6) is 0 Å². The Morgan fingerprint density at radius 2 is 1.56 bits per heavy atom. The minimum atomic E-state index is -4.90. The first kappa shape index (κ1) is 17.1. The smallest absolute Gasteiger partial charge is 0.351 e. The molecule has 4 saturated carbocycles. The molecule has 4 fully saturated rings. The van der Waals surface area contributed by atoms with Crippen molar-refractivity contribution in [2.75, 3.05) is 6.54 Å². The zero-order valence-corrected chi connectivity index (χ0v) is 14.5. The normalized spacial score (nSPS) is 33.5. The number of Topliss-reactive ketones (excluding diaryl/α,β-unsaturated/α-hetero) is 1. The lowest BCUT2D eigenvalue weighted by Crippen LogP contribution is -2.51. The summed E-state index contributed by atoms with van der Waals surface area (Å²) < 4.78 is 37.4. The van der Waals surface area contributed by atoms with Crippen molar-refractivity contribution in [3.63, 3.8) is 0 Å². The number of hydrogen-bond acceptors (Lipinski definition) is 3. The third-order valence-electron chi connectivity index (χ3n) is 6.10. The van der Waals surface area contributed by atoms with E-state index in [2.05, 4.69) is 5.32 Å². The second kappa shape index (κ2) is 5.83. The highest BCUT2D eigenvalue weighted by molar-refractivity contribution is 7.16. The highest BCUT2D eigenvalue weighted by Gasteiger charge is 2.50. The van der Waals surface area contributed by atoms with Crippen molar-refractivity contribution in [1.29, 1.82) is 0 Å². The SMILES string of the molecule is O=C(NCC12CC3CC(CC(C3)C1)C2)c1ccc(C(=O)C(F)(F)F)s1. The molecular formula is C18H20F3NO2S. The molecule has 0 aliphatic heterocycles. The quantitative estimate of drug-likeness (QED) is 0.796. The average molecular weight is 371 g/mol. The van der Waals surface area contributed by atoms with Gasteiger partial charge in [0, 0.05) is 6.54 Å². The van der Waals surface area contributed by atoms with Crippen molar-refractivity contribution in [1.82, 2.24) is 5.32 Å². The number of rotatable bonds is 4. The van der Waals surface area contributed by atoms with E-state index in [9.17, 15) is 22.8 Å². The van der Waals surface area contributed by atoms with E-state index in [1.807, 2.05) is 0 Å². The van der Waals surface area contributed by atoms with Crippen molar-refractivity contribution in [2.45, 2.75) is 44.7 Å². The van der Waals surface area contributed by atoms with Gasteiger partial charge in [0.1, 0.15) is 0 Å². The summed E-state index contributed by atoms with van der Waals surface area (Å²) in [6.07, 6.45) is 2.52. The fourth-order valence-corrected chi connectivity index (χ4v) is 6.47. The molecule has 0 aromatic carbocycles. The van der Waals surface area contributed by atoms with Crippen LogP contribution < -0.4 is 5.32 Å². The maximum Gasteiger partial charge on any atom is 0.455 e. The van der Waals surface area contributed by atoms with E-state index in [0.29, 0.717) is 17.9 Å². The number of hydrogen-bond donors (Lipinski definition) is 1. The maximum absolute atomic E-state index is 12.5. The van der Waals surface area contributed by atoms with Gasteiger partial charge in [-0.15, -0.1) is 11.3 Å². The van der Waals surface area contributed by atoms with E-state index in [4.69, 9.17) is 0 Å². The number of carbonyl (C=O) groups excluding carboxylic acids is 2. The van der Waals surface area contributed by atoms with E-state index >= 15 is 0 Å². The largest absolute Gasteiger partial charge is 0.455 e. The van der Waals surface area contributed by atoms with Crippen LogP contribution in [0.2, 0.25) is 0 Å². The highest BCUT2D eigenvalue weighted by Crippen LogP contribution is 2.59. The number of alkyl halides is 3. The van der Waals surface area contributed by atoms with Crippen LogP contribution in [0.4, 0.5) is 13.2 Å². The van der Waals surface area contributed by atoms with E-state index in [1.165, 1.54) is 25.3 Å². The molecule has 136 valence electrons. The zero-order chi connectivity index (χ0) is 17.8. The summed E-state index contributed by atoms with van der Waals surface area (Å²) in [5.74, 6) is 0.0716. The molecule has 0 radical (unpaired) electrons. The molecule has 4 aliphatic rings. The number of carbonyl (C=O) groups is 2. The van der Waals surface area contributed by atoms with Crippen LogP contribution in [0, 0.1) is 23.2 Å². The molecule has 1 aromatic rings. The molecule has 1 amide bonds. The van der Waals surface area contributed by atoms with Crippen LogP contribution >= 0.6 is 11.3 Å². The van der Waals surface area contributed by atoms with Crippen molar-refractivity contribution in [2.24, 2.45) is 23.2 Å². The zero-order valence-electron chi connectivity index (χ0n) is 13.7. The third kappa shape index (κ3) is 3.23. The first-order valence-electron chi connectivity index (χ1n) is 8.74. The predicted octanol–water partition coefficient (Wildman–Crippen LogP) is 4.44. The van der Waals surface area contributed by atoms with Gasteiger partial charge in [-0.2, -0.15) is 13.2 Å². The molecule has 1 aromatic heterocycles. The molecule has 5 rings (SSSR count). The summed E-state index contributed by atoms with van der Waals surface area (Å²) in [4.78, 5) is 23.3. The lowest BCUT2D eigenvalue weighted by atomic mass is 9.49. The summed E-state index contributed by atoms with van der Waals surface area (Å²) in [7, 11) is 0. The minimum Gasteiger partial charge on any atom is -0.351 e. The first-order chi connectivity index (χ1) is 11.7. The molecule has 4 aliphatic carbocycles. The van der Waals surface area contributed by atoms with Gasteiger partial charge in [0.25, 0.3) is 11.7 Å². The molecule has 4 bridgehead atoms. The van der Waals surface area contributed by atoms with Crippen LogP contribution in [-0.2, 0) is 0 Å². The van der Waals surface area contributed by atoms with Gasteiger partial charge in [-0.3, -0.25) is 9.59 Å². The van der Waals surface area contributed by atoms with Gasteiger partial charge in [0.15, 0.2) is 0 Å². The Hall–Kier alpha value is -1.37. The standard InChI is InChI=1S/C18H20F3NO2S/c19-18(20,21)15(23)13-1-2-14(25-13)16(24)22-9-17-6-10-3-11(7-17)5-12(4-10)8-17/h1-2,10-12H,3-9H2,(H,22,24). The van der Waals surface area contributed by atoms with Crippen LogP contribution in [0.25, 0.3) is 0 Å². The van der Waals surface area contributed by atoms with Gasteiger partial charge in [-0.1, -0.05) is 0 Å². The van der Waals surface area contributed by atoms with E-state index in [-0.39, 0.29) is 16.2 Å². The molecule has 7 heteroatoms. The number of nitrogens with one attached hydrogen (secondary N) is 1. The van der Waals surface area contributed by atoms with Crippen molar-refractivity contribution in [3.05, 3.63) is 21.9 Å². The lowest BCUT2D eigenvalue weighted by molar-refractivity contribution is -0.0882. The van der Waals surface area contributed by atoms with E-state index in [1.54, 1.807) is 0 Å². The molecule has 0 unspecified atom stereocenters. The Labute approximate surface area is 148 Å². The number of ketones is 1. The molecular weight excluding hydrogens is 351 g/mol. The fraction of sp³-hybridized carbons (Fsp3) is 0.667. The van der Waals surface area contributed by atoms with Crippen molar-refractivity contribution >= 4 is 23.0 Å². The maximum atomic E-state index is 12.5. The first-order valence-corrected chi connectivity index (χ1v) is 9.55. The van der Waals surface area contributed by atoms with Crippen LogP contribution in [0.3, 0.4) is 0 Å². The summed E-state index contributed by atoms with van der Waals surface area (Å²) in [5.41, 5.74) is 0.173. The molecule has 0 saturated heterocycles. The Balaban J connectivity index is 1.40. The van der Waals surface area contributed by atoms with Gasteiger partial charge in [-0.25, -0.2) is 0 Å². The molecule has 3 nitrogen and oxygen atoms in total. The molecule has 1 N–H and O–H groups in total. The monoisotopic (exact) mass is 371 g/mol.